The lowest BCUT2D eigenvalue weighted by Gasteiger charge is -2.33. The molecule has 1 unspecified atom stereocenters. The van der Waals surface area contributed by atoms with E-state index in [1.54, 1.807) is 0 Å². The van der Waals surface area contributed by atoms with Gasteiger partial charge in [-0.1, -0.05) is 11.6 Å². The lowest BCUT2D eigenvalue weighted by Crippen LogP contribution is -2.54. The van der Waals surface area contributed by atoms with E-state index in [0.29, 0.717) is 18.7 Å². The van der Waals surface area contributed by atoms with Crippen molar-refractivity contribution in [3.63, 3.8) is 0 Å². The minimum Gasteiger partial charge on any atom is -0.377 e. The highest BCUT2D eigenvalue weighted by Crippen LogP contribution is 2.18. The molecule has 1 aliphatic heterocycles. The van der Waals surface area contributed by atoms with Gasteiger partial charge in [-0.25, -0.2) is 0 Å². The molecular formula is C11H12ClN3O3. The average molecular weight is 270 g/mol. The molecule has 2 rings (SSSR count). The second-order valence-corrected chi connectivity index (χ2v) is 4.25. The van der Waals surface area contributed by atoms with Crippen molar-refractivity contribution in [1.82, 2.24) is 9.88 Å². The number of amides is 2. The first-order chi connectivity index (χ1) is 8.61. The smallest absolute Gasteiger partial charge is 0.256 e. The molecule has 0 aromatic carbocycles. The monoisotopic (exact) mass is 269 g/mol. The lowest BCUT2D eigenvalue weighted by atomic mass is 10.1. The molecule has 96 valence electrons. The topological polar surface area (TPSA) is 85.5 Å². The SMILES string of the molecule is NC(=O)C1COCCN1C(=O)c1ccncc1Cl. The summed E-state index contributed by atoms with van der Waals surface area (Å²) in [6, 6.07) is 0.758. The van der Waals surface area contributed by atoms with Crippen LogP contribution in [0, 0.1) is 0 Å². The number of hydrogen-bond donors (Lipinski definition) is 1. The Labute approximate surface area is 109 Å². The molecule has 0 bridgehead atoms. The van der Waals surface area contributed by atoms with Crippen molar-refractivity contribution in [2.45, 2.75) is 6.04 Å². The molecule has 0 radical (unpaired) electrons. The van der Waals surface area contributed by atoms with Crippen LogP contribution in [0.2, 0.25) is 5.02 Å². The Balaban J connectivity index is 2.27. The highest BCUT2D eigenvalue weighted by Gasteiger charge is 2.32. The van der Waals surface area contributed by atoms with E-state index in [9.17, 15) is 9.59 Å². The average Bonchev–Trinajstić information content (AvgIpc) is 2.38. The molecule has 0 saturated carbocycles. The van der Waals surface area contributed by atoms with Crippen molar-refractivity contribution in [2.75, 3.05) is 19.8 Å². The van der Waals surface area contributed by atoms with Gasteiger partial charge < -0.3 is 15.4 Å². The van der Waals surface area contributed by atoms with Crippen LogP contribution in [0.15, 0.2) is 18.5 Å². The predicted molar refractivity (Wildman–Crippen MR) is 64.1 cm³/mol. The van der Waals surface area contributed by atoms with Gasteiger partial charge in [0.2, 0.25) is 5.91 Å². The van der Waals surface area contributed by atoms with E-state index < -0.39 is 11.9 Å². The largest absolute Gasteiger partial charge is 0.377 e. The lowest BCUT2D eigenvalue weighted by molar-refractivity contribution is -0.127. The Morgan fingerprint density at radius 2 is 2.33 bits per heavy atom. The first-order valence-corrected chi connectivity index (χ1v) is 5.76. The van der Waals surface area contributed by atoms with E-state index in [4.69, 9.17) is 22.1 Å². The van der Waals surface area contributed by atoms with Crippen LogP contribution in [-0.4, -0.2) is 47.5 Å². The van der Waals surface area contributed by atoms with Crippen molar-refractivity contribution in [3.05, 3.63) is 29.0 Å². The second kappa shape index (κ2) is 5.32. The maximum atomic E-state index is 12.3. The third-order valence-electron chi connectivity index (χ3n) is 2.72. The normalized spacial score (nSPS) is 19.6. The van der Waals surface area contributed by atoms with Gasteiger partial charge in [0.1, 0.15) is 6.04 Å². The molecule has 0 spiro atoms. The van der Waals surface area contributed by atoms with E-state index in [0.717, 1.165) is 0 Å². The van der Waals surface area contributed by atoms with E-state index in [-0.39, 0.29) is 17.5 Å². The van der Waals surface area contributed by atoms with E-state index in [2.05, 4.69) is 4.98 Å². The Kier molecular flexibility index (Phi) is 3.78. The maximum absolute atomic E-state index is 12.3. The van der Waals surface area contributed by atoms with E-state index in [1.807, 2.05) is 0 Å². The van der Waals surface area contributed by atoms with Crippen LogP contribution in [0.5, 0.6) is 0 Å². The van der Waals surface area contributed by atoms with Gasteiger partial charge in [0.25, 0.3) is 5.91 Å². The molecule has 1 aromatic heterocycles. The zero-order chi connectivity index (χ0) is 13.1. The number of pyridine rings is 1. The quantitative estimate of drug-likeness (QED) is 0.823. The van der Waals surface area contributed by atoms with Crippen molar-refractivity contribution in [1.29, 1.82) is 0 Å². The summed E-state index contributed by atoms with van der Waals surface area (Å²) in [7, 11) is 0. The second-order valence-electron chi connectivity index (χ2n) is 3.85. The van der Waals surface area contributed by atoms with Crippen LogP contribution in [0.25, 0.3) is 0 Å². The Morgan fingerprint density at radius 3 is 3.00 bits per heavy atom. The number of nitrogens with two attached hydrogens (primary N) is 1. The molecule has 18 heavy (non-hydrogen) atoms. The maximum Gasteiger partial charge on any atom is 0.256 e. The van der Waals surface area contributed by atoms with Crippen LogP contribution in [0.1, 0.15) is 10.4 Å². The molecule has 1 fully saturated rings. The number of carbonyl (C=O) groups is 2. The molecule has 1 aromatic rings. The van der Waals surface area contributed by atoms with Gasteiger partial charge >= 0.3 is 0 Å². The molecule has 0 aliphatic carbocycles. The van der Waals surface area contributed by atoms with Crippen LogP contribution < -0.4 is 5.73 Å². The van der Waals surface area contributed by atoms with Gasteiger partial charge in [-0.3, -0.25) is 14.6 Å². The number of hydrogen-bond acceptors (Lipinski definition) is 4. The number of nitrogens with zero attached hydrogens (tertiary/aromatic N) is 2. The molecule has 1 saturated heterocycles. The fourth-order valence-corrected chi connectivity index (χ4v) is 1.99. The fraction of sp³-hybridized carbons (Fsp3) is 0.364. The molecule has 7 heteroatoms. The number of aromatic nitrogens is 1. The number of rotatable bonds is 2. The Morgan fingerprint density at radius 1 is 1.56 bits per heavy atom. The first kappa shape index (κ1) is 12.8. The first-order valence-electron chi connectivity index (χ1n) is 5.39. The predicted octanol–water partition coefficient (Wildman–Crippen LogP) is 0.0613. The highest BCUT2D eigenvalue weighted by molar-refractivity contribution is 6.33. The Hall–Kier alpha value is -1.66. The summed E-state index contributed by atoms with van der Waals surface area (Å²) in [4.78, 5) is 28.8. The molecular weight excluding hydrogens is 258 g/mol. The van der Waals surface area contributed by atoms with Crippen molar-refractivity contribution < 1.29 is 14.3 Å². The third-order valence-corrected chi connectivity index (χ3v) is 3.02. The van der Waals surface area contributed by atoms with E-state index >= 15 is 0 Å². The molecule has 6 nitrogen and oxygen atoms in total. The van der Waals surface area contributed by atoms with Crippen LogP contribution in [-0.2, 0) is 9.53 Å². The summed E-state index contributed by atoms with van der Waals surface area (Å²) in [5.41, 5.74) is 5.56. The van der Waals surface area contributed by atoms with Gasteiger partial charge in [0.15, 0.2) is 0 Å². The molecule has 1 atom stereocenters. The van der Waals surface area contributed by atoms with Crippen LogP contribution >= 0.6 is 11.6 Å². The summed E-state index contributed by atoms with van der Waals surface area (Å²) >= 11 is 5.91. The standard InChI is InChI=1S/C11H12ClN3O3/c12-8-5-14-2-1-7(8)11(17)15-3-4-18-6-9(15)10(13)16/h1-2,5,9H,3-4,6H2,(H2,13,16). The van der Waals surface area contributed by atoms with Crippen LogP contribution in [0.4, 0.5) is 0 Å². The summed E-state index contributed by atoms with van der Waals surface area (Å²) in [6.45, 7) is 0.799. The van der Waals surface area contributed by atoms with Gasteiger partial charge in [-0.05, 0) is 6.07 Å². The highest BCUT2D eigenvalue weighted by atomic mass is 35.5. The minimum absolute atomic E-state index is 0.115. The van der Waals surface area contributed by atoms with Crippen molar-refractivity contribution >= 4 is 23.4 Å². The molecule has 2 N–H and O–H groups in total. The number of primary amides is 1. The van der Waals surface area contributed by atoms with Crippen molar-refractivity contribution in [2.24, 2.45) is 5.73 Å². The number of halogens is 1. The van der Waals surface area contributed by atoms with Gasteiger partial charge in [0.05, 0.1) is 23.8 Å². The minimum atomic E-state index is -0.754. The number of morpholine rings is 1. The molecule has 1 aliphatic rings. The van der Waals surface area contributed by atoms with E-state index in [1.165, 1.54) is 23.4 Å². The third kappa shape index (κ3) is 2.44. The summed E-state index contributed by atoms with van der Waals surface area (Å²) in [5, 5.41) is 0.247. The molecule has 2 heterocycles. The molecule has 2 amide bonds. The zero-order valence-corrected chi connectivity index (χ0v) is 10.3. The zero-order valence-electron chi connectivity index (χ0n) is 9.51. The Bertz CT molecular complexity index is 480. The number of ether oxygens (including phenoxy) is 1. The van der Waals surface area contributed by atoms with Gasteiger partial charge in [-0.2, -0.15) is 0 Å². The van der Waals surface area contributed by atoms with Crippen molar-refractivity contribution in [3.8, 4) is 0 Å². The fourth-order valence-electron chi connectivity index (χ4n) is 1.79. The van der Waals surface area contributed by atoms with Crippen LogP contribution in [0.3, 0.4) is 0 Å². The van der Waals surface area contributed by atoms with Gasteiger partial charge in [-0.15, -0.1) is 0 Å². The summed E-state index contributed by atoms with van der Waals surface area (Å²) in [6.07, 6.45) is 2.85. The van der Waals surface area contributed by atoms with Gasteiger partial charge in [0, 0.05) is 18.9 Å². The summed E-state index contributed by atoms with van der Waals surface area (Å²) < 4.78 is 5.15. The summed E-state index contributed by atoms with van der Waals surface area (Å²) in [5.74, 6) is -0.928. The number of carbonyl (C=O) groups excluding carboxylic acids is 2.